The molecule has 0 amide bonds. The SMILES string of the molecule is CCCc1nc2ccc(Br)cc2c(=O)n1N=Cc1cc(Br)cc(OC)c1OCC(=O)OC(C)C. The van der Waals surface area contributed by atoms with Crippen molar-refractivity contribution in [3.63, 3.8) is 0 Å². The van der Waals surface area contributed by atoms with Crippen molar-refractivity contribution in [2.75, 3.05) is 13.7 Å². The lowest BCUT2D eigenvalue weighted by Gasteiger charge is -2.15. The molecule has 0 saturated heterocycles. The minimum Gasteiger partial charge on any atom is -0.493 e. The Morgan fingerprint density at radius 2 is 1.97 bits per heavy atom. The lowest BCUT2D eigenvalue weighted by Crippen LogP contribution is -2.22. The van der Waals surface area contributed by atoms with Crippen molar-refractivity contribution in [1.29, 1.82) is 0 Å². The first kappa shape index (κ1) is 25.9. The number of ether oxygens (including phenoxy) is 3. The smallest absolute Gasteiger partial charge is 0.344 e. The number of aromatic nitrogens is 2. The first-order valence-electron chi connectivity index (χ1n) is 10.7. The van der Waals surface area contributed by atoms with Gasteiger partial charge in [0.2, 0.25) is 0 Å². The molecule has 0 unspecified atom stereocenters. The standard InChI is InChI=1S/C24H25Br2N3O5/c1-5-6-21-28-19-8-7-16(25)10-18(19)24(31)29(21)27-12-15-9-17(26)11-20(32-4)23(15)33-13-22(30)34-14(2)3/h7-12,14H,5-6,13H2,1-4H3. The van der Waals surface area contributed by atoms with Gasteiger partial charge in [-0.05, 0) is 50.6 Å². The van der Waals surface area contributed by atoms with Crippen molar-refractivity contribution in [3.05, 3.63) is 61.0 Å². The van der Waals surface area contributed by atoms with E-state index in [-0.39, 0.29) is 18.3 Å². The van der Waals surface area contributed by atoms with Crippen LogP contribution in [0.1, 0.15) is 38.6 Å². The van der Waals surface area contributed by atoms with E-state index >= 15 is 0 Å². The molecular weight excluding hydrogens is 570 g/mol. The zero-order valence-corrected chi connectivity index (χ0v) is 22.5. The lowest BCUT2D eigenvalue weighted by atomic mass is 10.2. The molecule has 0 aliphatic rings. The molecule has 0 N–H and O–H groups in total. The zero-order valence-electron chi connectivity index (χ0n) is 19.3. The second kappa shape index (κ2) is 11.6. The molecule has 8 nitrogen and oxygen atoms in total. The Hall–Kier alpha value is -2.72. The minimum atomic E-state index is -0.506. The van der Waals surface area contributed by atoms with Crippen LogP contribution < -0.4 is 15.0 Å². The highest BCUT2D eigenvalue weighted by atomic mass is 79.9. The predicted octanol–water partition coefficient (Wildman–Crippen LogP) is 5.10. The summed E-state index contributed by atoms with van der Waals surface area (Å²) in [5, 5.41) is 4.91. The third-order valence-corrected chi connectivity index (χ3v) is 5.58. The van der Waals surface area contributed by atoms with E-state index in [1.807, 2.05) is 13.0 Å². The van der Waals surface area contributed by atoms with Crippen LogP contribution in [0.5, 0.6) is 11.5 Å². The highest BCUT2D eigenvalue weighted by Crippen LogP contribution is 2.34. The van der Waals surface area contributed by atoms with Gasteiger partial charge in [0, 0.05) is 20.9 Å². The quantitative estimate of drug-likeness (QED) is 0.253. The molecule has 0 aliphatic carbocycles. The second-order valence-corrected chi connectivity index (χ2v) is 9.49. The minimum absolute atomic E-state index is 0.256. The summed E-state index contributed by atoms with van der Waals surface area (Å²) in [6, 6.07) is 8.84. The Labute approximate surface area is 214 Å². The number of benzene rings is 2. The summed E-state index contributed by atoms with van der Waals surface area (Å²) in [6.07, 6.45) is 2.60. The van der Waals surface area contributed by atoms with Crippen LogP contribution in [0.25, 0.3) is 10.9 Å². The van der Waals surface area contributed by atoms with Crippen molar-refractivity contribution in [2.24, 2.45) is 5.10 Å². The molecule has 0 saturated carbocycles. The maximum Gasteiger partial charge on any atom is 0.344 e. The molecule has 1 heterocycles. The van der Waals surface area contributed by atoms with E-state index in [9.17, 15) is 9.59 Å². The summed E-state index contributed by atoms with van der Waals surface area (Å²) in [5.41, 5.74) is 0.836. The van der Waals surface area contributed by atoms with Gasteiger partial charge < -0.3 is 14.2 Å². The molecule has 1 aromatic heterocycles. The van der Waals surface area contributed by atoms with Crippen molar-refractivity contribution < 1.29 is 19.0 Å². The normalized spacial score (nSPS) is 11.4. The maximum absolute atomic E-state index is 13.3. The van der Waals surface area contributed by atoms with Gasteiger partial charge in [0.15, 0.2) is 18.1 Å². The molecule has 0 aliphatic heterocycles. The fraction of sp³-hybridized carbons (Fsp3) is 0.333. The number of hydrogen-bond acceptors (Lipinski definition) is 7. The summed E-state index contributed by atoms with van der Waals surface area (Å²) in [6.45, 7) is 5.23. The summed E-state index contributed by atoms with van der Waals surface area (Å²) < 4.78 is 19.1. The Bertz CT molecular complexity index is 1290. The number of rotatable bonds is 9. The van der Waals surface area contributed by atoms with Crippen molar-refractivity contribution in [1.82, 2.24) is 9.66 Å². The van der Waals surface area contributed by atoms with E-state index in [0.29, 0.717) is 44.7 Å². The van der Waals surface area contributed by atoms with E-state index < -0.39 is 5.97 Å². The summed E-state index contributed by atoms with van der Waals surface area (Å²) in [7, 11) is 1.50. The van der Waals surface area contributed by atoms with E-state index in [2.05, 4.69) is 41.9 Å². The fourth-order valence-corrected chi connectivity index (χ4v) is 4.05. The Balaban J connectivity index is 2.07. The second-order valence-electron chi connectivity index (χ2n) is 7.65. The van der Waals surface area contributed by atoms with Crippen molar-refractivity contribution in [3.8, 4) is 11.5 Å². The van der Waals surface area contributed by atoms with Gasteiger partial charge in [-0.25, -0.2) is 9.78 Å². The average molecular weight is 595 g/mol. The third kappa shape index (κ3) is 6.24. The topological polar surface area (TPSA) is 92.0 Å². The van der Waals surface area contributed by atoms with E-state index in [4.69, 9.17) is 14.2 Å². The Morgan fingerprint density at radius 1 is 1.21 bits per heavy atom. The van der Waals surface area contributed by atoms with Crippen LogP contribution in [0.2, 0.25) is 0 Å². The Kier molecular flexibility index (Phi) is 8.84. The highest BCUT2D eigenvalue weighted by Gasteiger charge is 2.16. The highest BCUT2D eigenvalue weighted by molar-refractivity contribution is 9.10. The van der Waals surface area contributed by atoms with Crippen molar-refractivity contribution >= 4 is 54.9 Å². The molecule has 0 spiro atoms. The summed E-state index contributed by atoms with van der Waals surface area (Å²) in [5.74, 6) is 0.740. The molecule has 180 valence electrons. The van der Waals surface area contributed by atoms with Gasteiger partial charge in [-0.15, -0.1) is 0 Å². The molecule has 0 atom stereocenters. The third-order valence-electron chi connectivity index (χ3n) is 4.63. The molecule has 10 heteroatoms. The zero-order chi connectivity index (χ0) is 24.8. The number of carbonyl (C=O) groups is 1. The summed E-state index contributed by atoms with van der Waals surface area (Å²) >= 11 is 6.85. The van der Waals surface area contributed by atoms with Gasteiger partial charge in [0.25, 0.3) is 5.56 Å². The molecular formula is C24H25Br2N3O5. The van der Waals surface area contributed by atoms with Gasteiger partial charge in [0.05, 0.1) is 30.3 Å². The molecule has 0 fully saturated rings. The summed E-state index contributed by atoms with van der Waals surface area (Å²) in [4.78, 5) is 29.9. The van der Waals surface area contributed by atoms with Crippen LogP contribution in [0.15, 0.2) is 49.2 Å². The van der Waals surface area contributed by atoms with Gasteiger partial charge in [0.1, 0.15) is 5.82 Å². The van der Waals surface area contributed by atoms with Crippen LogP contribution >= 0.6 is 31.9 Å². The average Bonchev–Trinajstić information content (AvgIpc) is 2.78. The van der Waals surface area contributed by atoms with Crippen LogP contribution in [-0.4, -0.2) is 41.7 Å². The number of fused-ring (bicyclic) bond motifs is 1. The number of halogens is 2. The molecule has 2 aromatic carbocycles. The van der Waals surface area contributed by atoms with Crippen LogP contribution in [0.4, 0.5) is 0 Å². The van der Waals surface area contributed by atoms with Crippen molar-refractivity contribution in [2.45, 2.75) is 39.7 Å². The molecule has 0 radical (unpaired) electrons. The predicted molar refractivity (Wildman–Crippen MR) is 138 cm³/mol. The first-order chi connectivity index (χ1) is 16.2. The monoisotopic (exact) mass is 593 g/mol. The van der Waals surface area contributed by atoms with Crippen LogP contribution in [0.3, 0.4) is 0 Å². The van der Waals surface area contributed by atoms with E-state index in [1.165, 1.54) is 18.0 Å². The van der Waals surface area contributed by atoms with Gasteiger partial charge in [-0.2, -0.15) is 9.78 Å². The number of esters is 1. The van der Waals surface area contributed by atoms with Gasteiger partial charge >= 0.3 is 5.97 Å². The fourth-order valence-electron chi connectivity index (χ4n) is 3.24. The number of hydrogen-bond donors (Lipinski definition) is 0. The Morgan fingerprint density at radius 3 is 2.65 bits per heavy atom. The number of methoxy groups -OCH3 is 1. The molecule has 0 bridgehead atoms. The number of aryl methyl sites for hydroxylation is 1. The van der Waals surface area contributed by atoms with Crippen LogP contribution in [0, 0.1) is 0 Å². The van der Waals surface area contributed by atoms with Gasteiger partial charge in [-0.3, -0.25) is 4.79 Å². The molecule has 34 heavy (non-hydrogen) atoms. The van der Waals surface area contributed by atoms with Crippen LogP contribution in [-0.2, 0) is 16.0 Å². The number of nitrogens with zero attached hydrogens (tertiary/aromatic N) is 3. The number of carbonyl (C=O) groups excluding carboxylic acids is 1. The first-order valence-corrected chi connectivity index (χ1v) is 12.3. The van der Waals surface area contributed by atoms with Gasteiger partial charge in [-0.1, -0.05) is 38.8 Å². The lowest BCUT2D eigenvalue weighted by molar-refractivity contribution is -0.149. The maximum atomic E-state index is 13.3. The largest absolute Gasteiger partial charge is 0.493 e. The van der Waals surface area contributed by atoms with E-state index in [1.54, 1.807) is 38.1 Å². The molecule has 3 aromatic rings. The van der Waals surface area contributed by atoms with E-state index in [0.717, 1.165) is 10.9 Å². The molecule has 3 rings (SSSR count).